The Bertz CT molecular complexity index is 837. The summed E-state index contributed by atoms with van der Waals surface area (Å²) >= 11 is 5.96. The number of nitro benzene ring substituents is 1. The highest BCUT2D eigenvalue weighted by Crippen LogP contribution is 2.29. The molecule has 1 aliphatic heterocycles. The first-order chi connectivity index (χ1) is 12.0. The van der Waals surface area contributed by atoms with Crippen molar-refractivity contribution in [2.75, 3.05) is 11.4 Å². The second-order valence-corrected chi connectivity index (χ2v) is 5.94. The standard InChI is InChI=1S/C17H13ClN2O5/c18-14-3-1-2-4-15(14)25-17(22)11-9-16(21)19(10-11)12-5-7-13(8-6-12)20(23)24/h1-8,11H,9-10H2/t11-/m0/s1. The lowest BCUT2D eigenvalue weighted by Crippen LogP contribution is -2.27. The van der Waals surface area contributed by atoms with Gasteiger partial charge in [-0.3, -0.25) is 19.7 Å². The fourth-order valence-electron chi connectivity index (χ4n) is 2.59. The minimum Gasteiger partial charge on any atom is -0.425 e. The van der Waals surface area contributed by atoms with Crippen LogP contribution >= 0.6 is 11.6 Å². The van der Waals surface area contributed by atoms with Gasteiger partial charge in [0, 0.05) is 30.8 Å². The zero-order chi connectivity index (χ0) is 18.0. The van der Waals surface area contributed by atoms with E-state index in [1.54, 1.807) is 24.3 Å². The molecule has 8 heteroatoms. The summed E-state index contributed by atoms with van der Waals surface area (Å²) in [5.74, 6) is -1.16. The summed E-state index contributed by atoms with van der Waals surface area (Å²) in [6.45, 7) is 0.153. The van der Waals surface area contributed by atoms with Crippen LogP contribution in [0.5, 0.6) is 5.75 Å². The smallest absolute Gasteiger partial charge is 0.316 e. The first kappa shape index (κ1) is 16.9. The zero-order valence-electron chi connectivity index (χ0n) is 12.9. The maximum Gasteiger partial charge on any atom is 0.316 e. The van der Waals surface area contributed by atoms with E-state index >= 15 is 0 Å². The number of rotatable bonds is 4. The van der Waals surface area contributed by atoms with Crippen LogP contribution in [0.2, 0.25) is 5.02 Å². The van der Waals surface area contributed by atoms with Crippen molar-refractivity contribution < 1.29 is 19.2 Å². The highest BCUT2D eigenvalue weighted by molar-refractivity contribution is 6.32. The van der Waals surface area contributed by atoms with Crippen molar-refractivity contribution in [1.29, 1.82) is 0 Å². The number of nitro groups is 1. The van der Waals surface area contributed by atoms with Crippen LogP contribution in [0.1, 0.15) is 6.42 Å². The number of esters is 1. The molecule has 0 aromatic heterocycles. The molecule has 0 radical (unpaired) electrons. The molecule has 2 aromatic rings. The van der Waals surface area contributed by atoms with Gasteiger partial charge in [-0.2, -0.15) is 0 Å². The van der Waals surface area contributed by atoms with Crippen LogP contribution in [0.3, 0.4) is 0 Å². The van der Waals surface area contributed by atoms with Crippen LogP contribution in [0.25, 0.3) is 0 Å². The predicted molar refractivity (Wildman–Crippen MR) is 90.6 cm³/mol. The Morgan fingerprint density at radius 3 is 2.52 bits per heavy atom. The van der Waals surface area contributed by atoms with E-state index in [1.807, 2.05) is 0 Å². The molecule has 3 rings (SSSR count). The fourth-order valence-corrected chi connectivity index (χ4v) is 2.76. The molecule has 0 aliphatic carbocycles. The maximum atomic E-state index is 12.3. The number of nitrogens with zero attached hydrogens (tertiary/aromatic N) is 2. The quantitative estimate of drug-likeness (QED) is 0.361. The number of amides is 1. The summed E-state index contributed by atoms with van der Waals surface area (Å²) < 4.78 is 5.27. The first-order valence-electron chi connectivity index (χ1n) is 7.47. The van der Waals surface area contributed by atoms with E-state index in [0.717, 1.165) is 0 Å². The van der Waals surface area contributed by atoms with Crippen LogP contribution < -0.4 is 9.64 Å². The van der Waals surface area contributed by atoms with Gasteiger partial charge in [-0.1, -0.05) is 23.7 Å². The molecule has 128 valence electrons. The lowest BCUT2D eigenvalue weighted by atomic mass is 10.1. The largest absolute Gasteiger partial charge is 0.425 e. The number of hydrogen-bond donors (Lipinski definition) is 0. The van der Waals surface area contributed by atoms with Crippen LogP contribution in [-0.4, -0.2) is 23.3 Å². The van der Waals surface area contributed by atoms with Crippen molar-refractivity contribution in [3.63, 3.8) is 0 Å². The summed E-state index contributed by atoms with van der Waals surface area (Å²) in [6.07, 6.45) is 0.0142. The highest BCUT2D eigenvalue weighted by atomic mass is 35.5. The van der Waals surface area contributed by atoms with Crippen LogP contribution in [0, 0.1) is 16.0 Å². The molecule has 0 N–H and O–H groups in total. The van der Waals surface area contributed by atoms with Crippen molar-refractivity contribution >= 4 is 34.9 Å². The average Bonchev–Trinajstić information content (AvgIpc) is 2.99. The molecule has 25 heavy (non-hydrogen) atoms. The van der Waals surface area contributed by atoms with Crippen molar-refractivity contribution in [2.45, 2.75) is 6.42 Å². The Morgan fingerprint density at radius 1 is 1.20 bits per heavy atom. The second-order valence-electron chi connectivity index (χ2n) is 5.53. The molecule has 2 aromatic carbocycles. The van der Waals surface area contributed by atoms with Gasteiger partial charge in [-0.25, -0.2) is 0 Å². The normalized spacial score (nSPS) is 16.8. The first-order valence-corrected chi connectivity index (χ1v) is 7.84. The zero-order valence-corrected chi connectivity index (χ0v) is 13.7. The average molecular weight is 361 g/mol. The van der Waals surface area contributed by atoms with E-state index in [4.69, 9.17) is 16.3 Å². The predicted octanol–water partition coefficient (Wildman–Crippen LogP) is 3.21. The molecular weight excluding hydrogens is 348 g/mol. The molecule has 1 heterocycles. The molecule has 0 bridgehead atoms. The monoisotopic (exact) mass is 360 g/mol. The number of para-hydroxylation sites is 1. The third-order valence-electron chi connectivity index (χ3n) is 3.88. The minimum atomic E-state index is -0.626. The van der Waals surface area contributed by atoms with Gasteiger partial charge in [0.25, 0.3) is 5.69 Å². The molecular formula is C17H13ClN2O5. The van der Waals surface area contributed by atoms with E-state index in [0.29, 0.717) is 10.7 Å². The number of carbonyl (C=O) groups excluding carboxylic acids is 2. The number of halogens is 1. The van der Waals surface area contributed by atoms with E-state index in [2.05, 4.69) is 0 Å². The van der Waals surface area contributed by atoms with Crippen LogP contribution in [-0.2, 0) is 9.59 Å². The molecule has 1 amide bonds. The minimum absolute atomic E-state index is 0.0142. The third kappa shape index (κ3) is 3.61. The number of anilines is 1. The summed E-state index contributed by atoms with van der Waals surface area (Å²) in [7, 11) is 0. The molecule has 0 unspecified atom stereocenters. The molecule has 1 atom stereocenters. The van der Waals surface area contributed by atoms with Gasteiger partial charge >= 0.3 is 5.97 Å². The van der Waals surface area contributed by atoms with Gasteiger partial charge in [0.1, 0.15) is 5.75 Å². The van der Waals surface area contributed by atoms with Gasteiger partial charge in [-0.05, 0) is 24.3 Å². The lowest BCUT2D eigenvalue weighted by Gasteiger charge is -2.16. The van der Waals surface area contributed by atoms with E-state index in [1.165, 1.54) is 29.2 Å². The Labute approximate surface area is 147 Å². The van der Waals surface area contributed by atoms with E-state index in [9.17, 15) is 19.7 Å². The number of carbonyl (C=O) groups is 2. The number of benzene rings is 2. The number of hydrogen-bond acceptors (Lipinski definition) is 5. The Kier molecular flexibility index (Phi) is 4.67. The number of ether oxygens (including phenoxy) is 1. The number of non-ortho nitro benzene ring substituents is 1. The van der Waals surface area contributed by atoms with Gasteiger partial charge < -0.3 is 9.64 Å². The van der Waals surface area contributed by atoms with Crippen molar-refractivity contribution in [3.05, 3.63) is 63.7 Å². The molecule has 1 saturated heterocycles. The molecule has 7 nitrogen and oxygen atoms in total. The van der Waals surface area contributed by atoms with Gasteiger partial charge in [0.05, 0.1) is 15.9 Å². The maximum absolute atomic E-state index is 12.3. The highest BCUT2D eigenvalue weighted by Gasteiger charge is 2.36. The Hall–Kier alpha value is -2.93. The van der Waals surface area contributed by atoms with Gasteiger partial charge in [-0.15, -0.1) is 0 Å². The van der Waals surface area contributed by atoms with Gasteiger partial charge in [0.15, 0.2) is 0 Å². The molecule has 1 fully saturated rings. The Morgan fingerprint density at radius 2 is 1.88 bits per heavy atom. The SMILES string of the molecule is O=C(Oc1ccccc1Cl)[C@H]1CC(=O)N(c2ccc([N+](=O)[O-])cc2)C1. The second kappa shape index (κ2) is 6.90. The van der Waals surface area contributed by atoms with Crippen molar-refractivity contribution in [1.82, 2.24) is 0 Å². The van der Waals surface area contributed by atoms with Crippen molar-refractivity contribution in [3.8, 4) is 5.75 Å². The van der Waals surface area contributed by atoms with Crippen LogP contribution in [0.15, 0.2) is 48.5 Å². The summed E-state index contributed by atoms with van der Waals surface area (Å²) in [6, 6.07) is 12.2. The lowest BCUT2D eigenvalue weighted by molar-refractivity contribution is -0.384. The topological polar surface area (TPSA) is 89.8 Å². The van der Waals surface area contributed by atoms with Crippen molar-refractivity contribution in [2.24, 2.45) is 5.92 Å². The fraction of sp³-hybridized carbons (Fsp3) is 0.176. The van der Waals surface area contributed by atoms with Gasteiger partial charge in [0.2, 0.25) is 5.91 Å². The summed E-state index contributed by atoms with van der Waals surface area (Å²) in [5.41, 5.74) is 0.439. The van der Waals surface area contributed by atoms with Crippen LogP contribution in [0.4, 0.5) is 11.4 Å². The van der Waals surface area contributed by atoms with E-state index < -0.39 is 16.8 Å². The van der Waals surface area contributed by atoms with E-state index in [-0.39, 0.29) is 30.3 Å². The summed E-state index contributed by atoms with van der Waals surface area (Å²) in [4.78, 5) is 36.1. The molecule has 0 saturated carbocycles. The molecule has 1 aliphatic rings. The third-order valence-corrected chi connectivity index (χ3v) is 4.19. The molecule has 0 spiro atoms. The summed E-state index contributed by atoms with van der Waals surface area (Å²) in [5, 5.41) is 11.0. The Balaban J connectivity index is 1.70.